The third-order valence-electron chi connectivity index (χ3n) is 4.15. The van der Waals surface area contributed by atoms with Gasteiger partial charge in [-0.05, 0) is 24.3 Å². The first-order chi connectivity index (χ1) is 12.4. The Labute approximate surface area is 146 Å². The van der Waals surface area contributed by atoms with Crippen LogP contribution in [0.5, 0.6) is 0 Å². The molecule has 0 N–H and O–H groups in total. The Bertz CT molecular complexity index is 879. The van der Waals surface area contributed by atoms with Crippen molar-refractivity contribution >= 4 is 23.5 Å². The SMILES string of the molecule is O=CC1N(c2ccccc2)N=C(c2ccccc2)N1c1ccccc1. The van der Waals surface area contributed by atoms with Gasteiger partial charge in [0.1, 0.15) is 0 Å². The van der Waals surface area contributed by atoms with Crippen molar-refractivity contribution in [1.82, 2.24) is 0 Å². The zero-order valence-electron chi connectivity index (χ0n) is 13.6. The summed E-state index contributed by atoms with van der Waals surface area (Å²) in [6.07, 6.45) is 0.402. The number of carbonyl (C=O) groups excluding carboxylic acids is 1. The highest BCUT2D eigenvalue weighted by Crippen LogP contribution is 2.30. The van der Waals surface area contributed by atoms with E-state index >= 15 is 0 Å². The number of benzene rings is 3. The lowest BCUT2D eigenvalue weighted by Gasteiger charge is -2.28. The van der Waals surface area contributed by atoms with E-state index in [0.29, 0.717) is 0 Å². The normalized spacial score (nSPS) is 16.6. The first-order valence-electron chi connectivity index (χ1n) is 8.16. The maximum Gasteiger partial charge on any atom is 0.185 e. The Morgan fingerprint density at radius 1 is 0.720 bits per heavy atom. The molecule has 0 aliphatic carbocycles. The largest absolute Gasteiger partial charge is 0.299 e. The average Bonchev–Trinajstić information content (AvgIpc) is 3.09. The molecular formula is C21H17N3O. The standard InChI is InChI=1S/C21H17N3O/c25-16-20-23(18-12-6-2-7-13-18)21(17-10-4-1-5-11-17)22-24(20)19-14-8-3-9-15-19/h1-16,20H. The molecule has 0 saturated carbocycles. The van der Waals surface area contributed by atoms with Gasteiger partial charge in [-0.15, -0.1) is 0 Å². The molecule has 4 nitrogen and oxygen atoms in total. The summed E-state index contributed by atoms with van der Waals surface area (Å²) in [6.45, 7) is 0. The van der Waals surface area contributed by atoms with Gasteiger partial charge in [-0.2, -0.15) is 5.10 Å². The fraction of sp³-hybridized carbons (Fsp3) is 0.0476. The number of carbonyl (C=O) groups is 1. The van der Waals surface area contributed by atoms with Crippen LogP contribution in [0.3, 0.4) is 0 Å². The summed E-state index contributed by atoms with van der Waals surface area (Å²) in [5.41, 5.74) is 2.78. The number of anilines is 2. The first kappa shape index (κ1) is 15.1. The number of hydrogen-bond donors (Lipinski definition) is 0. The predicted octanol–water partition coefficient (Wildman–Crippen LogP) is 3.90. The highest BCUT2D eigenvalue weighted by atomic mass is 16.1. The zero-order valence-corrected chi connectivity index (χ0v) is 13.6. The van der Waals surface area contributed by atoms with E-state index in [1.807, 2.05) is 95.9 Å². The minimum atomic E-state index is -0.528. The Balaban J connectivity index is 1.86. The molecule has 3 aromatic carbocycles. The lowest BCUT2D eigenvalue weighted by molar-refractivity contribution is -0.108. The van der Waals surface area contributed by atoms with Crippen LogP contribution in [0.15, 0.2) is 96.1 Å². The topological polar surface area (TPSA) is 35.9 Å². The molecule has 0 radical (unpaired) electrons. The van der Waals surface area contributed by atoms with E-state index in [9.17, 15) is 4.79 Å². The van der Waals surface area contributed by atoms with E-state index in [1.54, 1.807) is 5.01 Å². The number of hydrazone groups is 1. The van der Waals surface area contributed by atoms with Gasteiger partial charge in [0.2, 0.25) is 0 Å². The van der Waals surface area contributed by atoms with Gasteiger partial charge in [0, 0.05) is 11.3 Å². The molecule has 0 fully saturated rings. The molecule has 0 saturated heterocycles. The number of amidine groups is 1. The Kier molecular flexibility index (Phi) is 4.01. The van der Waals surface area contributed by atoms with Crippen LogP contribution in [-0.2, 0) is 4.79 Å². The fourth-order valence-corrected chi connectivity index (χ4v) is 3.00. The Morgan fingerprint density at radius 2 is 1.24 bits per heavy atom. The van der Waals surface area contributed by atoms with Crippen LogP contribution in [0, 0.1) is 0 Å². The molecule has 0 amide bonds. The molecule has 1 aliphatic heterocycles. The molecule has 122 valence electrons. The summed E-state index contributed by atoms with van der Waals surface area (Å²) in [6, 6.07) is 29.5. The second-order valence-electron chi connectivity index (χ2n) is 5.72. The molecule has 0 bridgehead atoms. The lowest BCUT2D eigenvalue weighted by Crippen LogP contribution is -2.44. The second kappa shape index (κ2) is 6.61. The highest BCUT2D eigenvalue weighted by molar-refractivity contribution is 6.14. The van der Waals surface area contributed by atoms with Gasteiger partial charge in [0.25, 0.3) is 0 Å². The maximum atomic E-state index is 12.0. The fourth-order valence-electron chi connectivity index (χ4n) is 3.00. The van der Waals surface area contributed by atoms with Crippen LogP contribution < -0.4 is 9.91 Å². The molecule has 25 heavy (non-hydrogen) atoms. The lowest BCUT2D eigenvalue weighted by atomic mass is 10.1. The van der Waals surface area contributed by atoms with Crippen LogP contribution in [0.25, 0.3) is 0 Å². The number of hydrogen-bond acceptors (Lipinski definition) is 4. The highest BCUT2D eigenvalue weighted by Gasteiger charge is 2.36. The molecule has 4 heteroatoms. The van der Waals surface area contributed by atoms with Gasteiger partial charge in [0.15, 0.2) is 18.3 Å². The summed E-state index contributed by atoms with van der Waals surface area (Å²) in [5.74, 6) is 0.757. The smallest absolute Gasteiger partial charge is 0.185 e. The van der Waals surface area contributed by atoms with E-state index in [1.165, 1.54) is 0 Å². The third kappa shape index (κ3) is 2.78. The molecule has 1 heterocycles. The van der Waals surface area contributed by atoms with Crippen LogP contribution in [0.2, 0.25) is 0 Å². The molecule has 1 atom stereocenters. The van der Waals surface area contributed by atoms with E-state index in [-0.39, 0.29) is 0 Å². The summed E-state index contributed by atoms with van der Waals surface area (Å²) in [5, 5.41) is 6.55. The Hall–Kier alpha value is -3.40. The molecule has 0 spiro atoms. The van der Waals surface area contributed by atoms with Gasteiger partial charge in [0.05, 0.1) is 5.69 Å². The maximum absolute atomic E-state index is 12.0. The molecule has 1 aliphatic rings. The molecule has 4 rings (SSSR count). The van der Waals surface area contributed by atoms with Gasteiger partial charge in [-0.3, -0.25) is 9.69 Å². The third-order valence-corrected chi connectivity index (χ3v) is 4.15. The van der Waals surface area contributed by atoms with Crippen molar-refractivity contribution < 1.29 is 4.79 Å². The van der Waals surface area contributed by atoms with Crippen molar-refractivity contribution in [3.63, 3.8) is 0 Å². The van der Waals surface area contributed by atoms with Crippen molar-refractivity contribution in [2.24, 2.45) is 5.10 Å². The zero-order chi connectivity index (χ0) is 17.1. The number of aldehydes is 1. The van der Waals surface area contributed by atoms with Crippen LogP contribution in [-0.4, -0.2) is 18.3 Å². The molecular weight excluding hydrogens is 310 g/mol. The quantitative estimate of drug-likeness (QED) is 0.682. The first-order valence-corrected chi connectivity index (χ1v) is 8.16. The van der Waals surface area contributed by atoms with Gasteiger partial charge < -0.3 is 0 Å². The van der Waals surface area contributed by atoms with Crippen molar-refractivity contribution in [2.45, 2.75) is 6.17 Å². The monoisotopic (exact) mass is 327 g/mol. The minimum Gasteiger partial charge on any atom is -0.299 e. The summed E-state index contributed by atoms with van der Waals surface area (Å²) >= 11 is 0. The predicted molar refractivity (Wildman–Crippen MR) is 101 cm³/mol. The van der Waals surface area contributed by atoms with E-state index < -0.39 is 6.17 Å². The second-order valence-corrected chi connectivity index (χ2v) is 5.72. The van der Waals surface area contributed by atoms with Crippen molar-refractivity contribution in [3.8, 4) is 0 Å². The van der Waals surface area contributed by atoms with Gasteiger partial charge in [-0.1, -0.05) is 66.7 Å². The molecule has 1 unspecified atom stereocenters. The number of para-hydroxylation sites is 2. The van der Waals surface area contributed by atoms with Crippen molar-refractivity contribution in [2.75, 3.05) is 9.91 Å². The van der Waals surface area contributed by atoms with Crippen LogP contribution in [0.4, 0.5) is 11.4 Å². The van der Waals surface area contributed by atoms with Gasteiger partial charge in [-0.25, -0.2) is 5.01 Å². The van der Waals surface area contributed by atoms with Crippen LogP contribution in [0.1, 0.15) is 5.56 Å². The summed E-state index contributed by atoms with van der Waals surface area (Å²) < 4.78 is 0. The molecule has 0 aromatic heterocycles. The van der Waals surface area contributed by atoms with E-state index in [0.717, 1.165) is 29.1 Å². The Morgan fingerprint density at radius 3 is 1.80 bits per heavy atom. The van der Waals surface area contributed by atoms with Crippen molar-refractivity contribution in [3.05, 3.63) is 96.6 Å². The summed E-state index contributed by atoms with van der Waals surface area (Å²) in [7, 11) is 0. The number of nitrogens with zero attached hydrogens (tertiary/aromatic N) is 3. The van der Waals surface area contributed by atoms with E-state index in [2.05, 4.69) is 0 Å². The van der Waals surface area contributed by atoms with E-state index in [4.69, 9.17) is 5.10 Å². The molecule has 3 aromatic rings. The average molecular weight is 327 g/mol. The van der Waals surface area contributed by atoms with Crippen LogP contribution >= 0.6 is 0 Å². The minimum absolute atomic E-state index is 0.528. The number of rotatable bonds is 4. The van der Waals surface area contributed by atoms with Gasteiger partial charge >= 0.3 is 0 Å². The summed E-state index contributed by atoms with van der Waals surface area (Å²) in [4.78, 5) is 14.0. The van der Waals surface area contributed by atoms with Crippen molar-refractivity contribution in [1.29, 1.82) is 0 Å².